The van der Waals surface area contributed by atoms with Gasteiger partial charge in [-0.2, -0.15) is 4.98 Å². The maximum absolute atomic E-state index is 10.7. The lowest BCUT2D eigenvalue weighted by molar-refractivity contribution is -0.384. The fraction of sp³-hybridized carbons (Fsp3) is 0.385. The highest BCUT2D eigenvalue weighted by Crippen LogP contribution is 2.25. The summed E-state index contributed by atoms with van der Waals surface area (Å²) in [5.74, 6) is 0.905. The minimum absolute atomic E-state index is 0.00147. The summed E-state index contributed by atoms with van der Waals surface area (Å²) < 4.78 is 5.19. The molecule has 0 radical (unpaired) electrons. The first kappa shape index (κ1) is 14.1. The van der Waals surface area contributed by atoms with Gasteiger partial charge in [-0.1, -0.05) is 12.1 Å². The lowest BCUT2D eigenvalue weighted by Crippen LogP contribution is -2.21. The number of nitrogens with two attached hydrogens (primary N) is 1. The molecule has 0 amide bonds. The zero-order chi connectivity index (χ0) is 14.7. The predicted octanol–water partition coefficient (Wildman–Crippen LogP) is 2.23. The van der Waals surface area contributed by atoms with Crippen LogP contribution in [0, 0.1) is 17.0 Å². The minimum Gasteiger partial charge on any atom is -0.334 e. The number of nitro groups is 1. The molecular formula is C13H16N4O3. The normalized spacial score (nSPS) is 12.3. The lowest BCUT2D eigenvalue weighted by Gasteiger charge is -2.03. The Kier molecular flexibility index (Phi) is 4.09. The van der Waals surface area contributed by atoms with E-state index < -0.39 is 4.92 Å². The third-order valence-corrected chi connectivity index (χ3v) is 3.09. The van der Waals surface area contributed by atoms with Crippen molar-refractivity contribution >= 4 is 5.69 Å². The van der Waals surface area contributed by atoms with E-state index in [0.717, 1.165) is 6.42 Å². The zero-order valence-corrected chi connectivity index (χ0v) is 11.4. The Balaban J connectivity index is 2.26. The van der Waals surface area contributed by atoms with Crippen molar-refractivity contribution in [1.29, 1.82) is 0 Å². The van der Waals surface area contributed by atoms with Crippen LogP contribution in [0.1, 0.15) is 24.7 Å². The van der Waals surface area contributed by atoms with Crippen molar-refractivity contribution in [2.45, 2.75) is 32.7 Å². The first-order chi connectivity index (χ1) is 9.51. The maximum Gasteiger partial charge on any atom is 0.269 e. The van der Waals surface area contributed by atoms with Gasteiger partial charge in [-0.05, 0) is 25.0 Å². The number of aromatic nitrogens is 2. The van der Waals surface area contributed by atoms with E-state index in [0.29, 0.717) is 29.3 Å². The number of aryl methyl sites for hydroxylation is 1. The molecule has 0 bridgehead atoms. The molecule has 1 heterocycles. The monoisotopic (exact) mass is 276 g/mol. The molecule has 7 heteroatoms. The van der Waals surface area contributed by atoms with Gasteiger partial charge in [-0.25, -0.2) is 0 Å². The van der Waals surface area contributed by atoms with E-state index >= 15 is 0 Å². The van der Waals surface area contributed by atoms with Crippen molar-refractivity contribution < 1.29 is 9.45 Å². The Morgan fingerprint density at radius 3 is 2.85 bits per heavy atom. The summed E-state index contributed by atoms with van der Waals surface area (Å²) in [6.07, 6.45) is 1.38. The second kappa shape index (κ2) is 5.79. The largest absolute Gasteiger partial charge is 0.334 e. The summed E-state index contributed by atoms with van der Waals surface area (Å²) in [6, 6.07) is 4.52. The summed E-state index contributed by atoms with van der Waals surface area (Å²) >= 11 is 0. The van der Waals surface area contributed by atoms with Gasteiger partial charge in [-0.15, -0.1) is 0 Å². The number of hydrogen-bond donors (Lipinski definition) is 1. The Hall–Kier alpha value is -2.28. The average Bonchev–Trinajstić information content (AvgIpc) is 2.86. The maximum atomic E-state index is 10.7. The molecule has 0 fully saturated rings. The quantitative estimate of drug-likeness (QED) is 0.662. The highest BCUT2D eigenvalue weighted by molar-refractivity contribution is 5.61. The smallest absolute Gasteiger partial charge is 0.269 e. The highest BCUT2D eigenvalue weighted by Gasteiger charge is 2.15. The van der Waals surface area contributed by atoms with Gasteiger partial charge in [0.15, 0.2) is 5.82 Å². The second-order valence-electron chi connectivity index (χ2n) is 4.64. The van der Waals surface area contributed by atoms with E-state index in [4.69, 9.17) is 10.3 Å². The fourth-order valence-corrected chi connectivity index (χ4v) is 1.83. The number of non-ortho nitro benzene ring substituents is 1. The van der Waals surface area contributed by atoms with Crippen molar-refractivity contribution in [2.75, 3.05) is 0 Å². The second-order valence-corrected chi connectivity index (χ2v) is 4.64. The van der Waals surface area contributed by atoms with E-state index in [2.05, 4.69) is 10.1 Å². The van der Waals surface area contributed by atoms with Crippen LogP contribution < -0.4 is 5.73 Å². The lowest BCUT2D eigenvalue weighted by atomic mass is 10.1. The fourth-order valence-electron chi connectivity index (χ4n) is 1.83. The van der Waals surface area contributed by atoms with E-state index in [-0.39, 0.29) is 11.7 Å². The first-order valence-electron chi connectivity index (χ1n) is 6.34. The van der Waals surface area contributed by atoms with E-state index in [1.807, 2.05) is 6.92 Å². The Labute approximate surface area is 115 Å². The molecule has 0 aliphatic carbocycles. The van der Waals surface area contributed by atoms with Crippen molar-refractivity contribution in [3.8, 4) is 11.5 Å². The van der Waals surface area contributed by atoms with Crippen molar-refractivity contribution in [3.05, 3.63) is 39.7 Å². The minimum atomic E-state index is -0.434. The van der Waals surface area contributed by atoms with E-state index in [1.165, 1.54) is 12.1 Å². The highest BCUT2D eigenvalue weighted by atomic mass is 16.6. The molecule has 2 rings (SSSR count). The van der Waals surface area contributed by atoms with Gasteiger partial charge < -0.3 is 10.3 Å². The van der Waals surface area contributed by atoms with Crippen LogP contribution in [-0.4, -0.2) is 21.1 Å². The molecule has 0 saturated carbocycles. The molecule has 0 aliphatic heterocycles. The van der Waals surface area contributed by atoms with Crippen molar-refractivity contribution in [2.24, 2.45) is 5.73 Å². The van der Waals surface area contributed by atoms with Crippen LogP contribution in [0.25, 0.3) is 11.5 Å². The summed E-state index contributed by atoms with van der Waals surface area (Å²) in [4.78, 5) is 14.5. The zero-order valence-electron chi connectivity index (χ0n) is 11.4. The van der Waals surface area contributed by atoms with Crippen LogP contribution in [0.2, 0.25) is 0 Å². The summed E-state index contributed by atoms with van der Waals surface area (Å²) in [6.45, 7) is 3.76. The number of nitrogens with zero attached hydrogens (tertiary/aromatic N) is 3. The molecule has 1 unspecified atom stereocenters. The summed E-state index contributed by atoms with van der Waals surface area (Å²) in [7, 11) is 0. The molecule has 1 aromatic heterocycles. The van der Waals surface area contributed by atoms with Crippen molar-refractivity contribution in [1.82, 2.24) is 10.1 Å². The van der Waals surface area contributed by atoms with Gasteiger partial charge in [0.25, 0.3) is 11.6 Å². The Bertz CT molecular complexity index is 624. The van der Waals surface area contributed by atoms with Crippen molar-refractivity contribution in [3.63, 3.8) is 0 Å². The number of hydrogen-bond acceptors (Lipinski definition) is 6. The number of nitro benzene ring substituents is 1. The third kappa shape index (κ3) is 3.00. The van der Waals surface area contributed by atoms with Gasteiger partial charge in [0.05, 0.1) is 4.92 Å². The molecule has 2 N–H and O–H groups in total. The molecule has 0 spiro atoms. The Morgan fingerprint density at radius 1 is 1.50 bits per heavy atom. The van der Waals surface area contributed by atoms with Gasteiger partial charge in [0.2, 0.25) is 0 Å². The van der Waals surface area contributed by atoms with Gasteiger partial charge in [0.1, 0.15) is 0 Å². The summed E-state index contributed by atoms with van der Waals surface area (Å²) in [5.41, 5.74) is 7.29. The topological polar surface area (TPSA) is 108 Å². The molecular weight excluding hydrogens is 260 g/mol. The predicted molar refractivity (Wildman–Crippen MR) is 73.1 cm³/mol. The molecule has 0 saturated heterocycles. The molecule has 106 valence electrons. The van der Waals surface area contributed by atoms with Gasteiger partial charge in [0, 0.05) is 30.2 Å². The van der Waals surface area contributed by atoms with Crippen LogP contribution in [-0.2, 0) is 6.42 Å². The average molecular weight is 276 g/mol. The van der Waals surface area contributed by atoms with E-state index in [1.54, 1.807) is 13.0 Å². The van der Waals surface area contributed by atoms with Gasteiger partial charge in [-0.3, -0.25) is 10.1 Å². The number of rotatable bonds is 5. The van der Waals surface area contributed by atoms with Crippen LogP contribution >= 0.6 is 0 Å². The van der Waals surface area contributed by atoms with Crippen LogP contribution in [0.4, 0.5) is 5.69 Å². The SMILES string of the molecule is CCC(N)Cc1noc(-c2ccc([N+](=O)[O-])cc2C)n1. The van der Waals surface area contributed by atoms with Crippen LogP contribution in [0.3, 0.4) is 0 Å². The molecule has 0 aliphatic rings. The molecule has 7 nitrogen and oxygen atoms in total. The molecule has 20 heavy (non-hydrogen) atoms. The molecule has 2 aromatic rings. The standard InChI is InChI=1S/C13H16N4O3/c1-3-9(14)7-12-15-13(20-16-12)11-5-4-10(17(18)19)6-8(11)2/h4-6,9H,3,7,14H2,1-2H3. The third-order valence-electron chi connectivity index (χ3n) is 3.09. The number of benzene rings is 1. The molecule has 1 aromatic carbocycles. The Morgan fingerprint density at radius 2 is 2.25 bits per heavy atom. The first-order valence-corrected chi connectivity index (χ1v) is 6.34. The molecule has 1 atom stereocenters. The van der Waals surface area contributed by atoms with Crippen LogP contribution in [0.5, 0.6) is 0 Å². The summed E-state index contributed by atoms with van der Waals surface area (Å²) in [5, 5.41) is 14.6. The van der Waals surface area contributed by atoms with Crippen LogP contribution in [0.15, 0.2) is 22.7 Å². The van der Waals surface area contributed by atoms with Gasteiger partial charge >= 0.3 is 0 Å². The van der Waals surface area contributed by atoms with E-state index in [9.17, 15) is 10.1 Å².